The molecule has 2 aliphatic rings. The number of fused-ring (bicyclic) bond motifs is 6. The lowest BCUT2D eigenvalue weighted by molar-refractivity contribution is 0.0812. The molecule has 0 amide bonds. The van der Waals surface area contributed by atoms with E-state index in [9.17, 15) is 4.79 Å². The molecule has 0 spiro atoms. The zero-order valence-electron chi connectivity index (χ0n) is 16.4. The minimum Gasteiger partial charge on any atom is -0.490 e. The molecule has 1 aromatic carbocycles. The Labute approximate surface area is 154 Å². The molecular weight excluding hydrogens is 328 g/mol. The van der Waals surface area contributed by atoms with E-state index in [0.29, 0.717) is 11.5 Å². The van der Waals surface area contributed by atoms with Gasteiger partial charge in [0.15, 0.2) is 0 Å². The normalized spacial score (nSPS) is 23.7. The Hall–Kier alpha value is -1.97. The van der Waals surface area contributed by atoms with E-state index < -0.39 is 0 Å². The van der Waals surface area contributed by atoms with Gasteiger partial charge in [-0.05, 0) is 57.9 Å². The average Bonchev–Trinajstić information content (AvgIpc) is 2.55. The second-order valence-electron chi connectivity index (χ2n) is 8.53. The molecule has 2 aliphatic heterocycles. The topological polar surface area (TPSA) is 48.7 Å². The molecule has 0 bridgehead atoms. The van der Waals surface area contributed by atoms with E-state index >= 15 is 0 Å². The van der Waals surface area contributed by atoms with Gasteiger partial charge < -0.3 is 13.9 Å². The van der Waals surface area contributed by atoms with Crippen LogP contribution in [0.1, 0.15) is 64.2 Å². The van der Waals surface area contributed by atoms with E-state index in [2.05, 4.69) is 34.6 Å². The Balaban J connectivity index is 2.10. The molecule has 0 N–H and O–H groups in total. The highest BCUT2D eigenvalue weighted by molar-refractivity contribution is 5.93. The molecule has 0 saturated carbocycles. The molecule has 0 fully saturated rings. The molecule has 0 saturated heterocycles. The number of ether oxygens (including phenoxy) is 2. The molecule has 1 aromatic heterocycles. The fourth-order valence-electron chi connectivity index (χ4n) is 4.22. The maximum absolute atomic E-state index is 12.3. The van der Waals surface area contributed by atoms with E-state index in [1.165, 1.54) is 0 Å². The molecule has 2 atom stereocenters. The first kappa shape index (κ1) is 17.4. The quantitative estimate of drug-likeness (QED) is 0.725. The molecule has 2 aromatic rings. The highest BCUT2D eigenvalue weighted by atomic mass is 16.5. The van der Waals surface area contributed by atoms with Gasteiger partial charge in [-0.15, -0.1) is 0 Å². The van der Waals surface area contributed by atoms with Crippen LogP contribution in [-0.2, 0) is 19.3 Å². The van der Waals surface area contributed by atoms with Gasteiger partial charge in [-0.2, -0.15) is 0 Å². The number of rotatable bonds is 2. The maximum Gasteiger partial charge on any atom is 0.336 e. The van der Waals surface area contributed by atoms with Gasteiger partial charge in [-0.3, -0.25) is 0 Å². The van der Waals surface area contributed by atoms with Crippen molar-refractivity contribution in [2.75, 3.05) is 0 Å². The second-order valence-corrected chi connectivity index (χ2v) is 8.53. The summed E-state index contributed by atoms with van der Waals surface area (Å²) in [5, 5.41) is 0.985. The summed E-state index contributed by atoms with van der Waals surface area (Å²) in [4.78, 5) is 12.3. The van der Waals surface area contributed by atoms with Crippen LogP contribution < -0.4 is 15.1 Å². The third kappa shape index (κ3) is 2.70. The predicted octanol–water partition coefficient (Wildman–Crippen LogP) is 4.81. The van der Waals surface area contributed by atoms with Crippen molar-refractivity contribution in [2.45, 2.75) is 78.4 Å². The first-order chi connectivity index (χ1) is 12.3. The van der Waals surface area contributed by atoms with Gasteiger partial charge in [0.2, 0.25) is 0 Å². The molecule has 26 heavy (non-hydrogen) atoms. The summed E-state index contributed by atoms with van der Waals surface area (Å²) in [6.45, 7) is 10.7. The van der Waals surface area contributed by atoms with Crippen LogP contribution >= 0.6 is 0 Å². The van der Waals surface area contributed by atoms with Crippen molar-refractivity contribution in [2.24, 2.45) is 5.92 Å². The van der Waals surface area contributed by atoms with Crippen molar-refractivity contribution in [1.29, 1.82) is 0 Å². The number of benzene rings is 1. The van der Waals surface area contributed by atoms with Crippen LogP contribution in [0, 0.1) is 5.92 Å². The molecular formula is C22H28O4. The first-order valence-corrected chi connectivity index (χ1v) is 9.81. The minimum absolute atomic E-state index is 0.143. The summed E-state index contributed by atoms with van der Waals surface area (Å²) in [5.74, 6) is 2.14. The van der Waals surface area contributed by atoms with E-state index in [1.807, 2.05) is 0 Å². The highest BCUT2D eigenvalue weighted by Crippen LogP contribution is 2.49. The summed E-state index contributed by atoms with van der Waals surface area (Å²) in [6.07, 6.45) is 4.69. The van der Waals surface area contributed by atoms with Crippen LogP contribution in [0.4, 0.5) is 0 Å². The second kappa shape index (κ2) is 6.04. The molecule has 4 rings (SSSR count). The Kier molecular flexibility index (Phi) is 4.05. The van der Waals surface area contributed by atoms with Crippen molar-refractivity contribution in [3.05, 3.63) is 33.2 Å². The smallest absolute Gasteiger partial charge is 0.336 e. The van der Waals surface area contributed by atoms with Gasteiger partial charge in [-0.1, -0.05) is 20.3 Å². The SMILES string of the molecule is CCCc1cc(=O)oc2c3c(c4c(c12)OC(C)(C)CC4)O[C@@H](C)[C@H](C)C3. The minimum atomic E-state index is -0.288. The maximum atomic E-state index is 12.3. The van der Waals surface area contributed by atoms with Crippen LogP contribution in [0.15, 0.2) is 15.3 Å². The summed E-state index contributed by atoms with van der Waals surface area (Å²) in [6, 6.07) is 1.64. The summed E-state index contributed by atoms with van der Waals surface area (Å²) < 4.78 is 18.5. The van der Waals surface area contributed by atoms with Gasteiger partial charge in [0.25, 0.3) is 0 Å². The van der Waals surface area contributed by atoms with Crippen molar-refractivity contribution in [3.63, 3.8) is 0 Å². The van der Waals surface area contributed by atoms with Crippen molar-refractivity contribution in [3.8, 4) is 11.5 Å². The predicted molar refractivity (Wildman–Crippen MR) is 102 cm³/mol. The Morgan fingerprint density at radius 1 is 1.19 bits per heavy atom. The average molecular weight is 356 g/mol. The molecule has 4 nitrogen and oxygen atoms in total. The zero-order valence-corrected chi connectivity index (χ0v) is 16.4. The largest absolute Gasteiger partial charge is 0.490 e. The van der Waals surface area contributed by atoms with Gasteiger partial charge in [0, 0.05) is 17.2 Å². The molecule has 4 heteroatoms. The van der Waals surface area contributed by atoms with E-state index in [-0.39, 0.29) is 17.3 Å². The van der Waals surface area contributed by atoms with Gasteiger partial charge in [-0.25, -0.2) is 4.79 Å². The molecule has 3 heterocycles. The van der Waals surface area contributed by atoms with Crippen LogP contribution in [0.2, 0.25) is 0 Å². The van der Waals surface area contributed by atoms with E-state index in [1.54, 1.807) is 6.07 Å². The highest BCUT2D eigenvalue weighted by Gasteiger charge is 2.37. The fraction of sp³-hybridized carbons (Fsp3) is 0.591. The first-order valence-electron chi connectivity index (χ1n) is 9.81. The van der Waals surface area contributed by atoms with Gasteiger partial charge >= 0.3 is 5.63 Å². The van der Waals surface area contributed by atoms with Crippen LogP contribution in [0.25, 0.3) is 11.0 Å². The number of aryl methyl sites for hydroxylation is 1. The zero-order chi connectivity index (χ0) is 18.6. The van der Waals surface area contributed by atoms with Gasteiger partial charge in [0.05, 0.1) is 11.5 Å². The lowest BCUT2D eigenvalue weighted by Gasteiger charge is -2.38. The van der Waals surface area contributed by atoms with Crippen molar-refractivity contribution in [1.82, 2.24) is 0 Å². The summed E-state index contributed by atoms with van der Waals surface area (Å²) in [7, 11) is 0. The Morgan fingerprint density at radius 2 is 1.96 bits per heavy atom. The third-order valence-corrected chi connectivity index (χ3v) is 5.87. The van der Waals surface area contributed by atoms with Crippen LogP contribution in [0.5, 0.6) is 11.5 Å². The van der Waals surface area contributed by atoms with Crippen LogP contribution in [0.3, 0.4) is 0 Å². The lowest BCUT2D eigenvalue weighted by Crippen LogP contribution is -2.35. The molecule has 0 radical (unpaired) electrons. The third-order valence-electron chi connectivity index (χ3n) is 5.87. The van der Waals surface area contributed by atoms with Crippen LogP contribution in [-0.4, -0.2) is 11.7 Å². The molecule has 0 aliphatic carbocycles. The van der Waals surface area contributed by atoms with Crippen molar-refractivity contribution < 1.29 is 13.9 Å². The monoisotopic (exact) mass is 356 g/mol. The fourth-order valence-corrected chi connectivity index (χ4v) is 4.22. The standard InChI is InChI=1S/C22H28O4/c1-6-7-14-11-17(23)25-20-16-10-12(2)13(3)24-19(16)15-8-9-22(4,5)26-21(15)18(14)20/h11-13H,6-10H2,1-5H3/t12-,13+/m1/s1. The number of hydrogen-bond acceptors (Lipinski definition) is 4. The van der Waals surface area contributed by atoms with Gasteiger partial charge in [0.1, 0.15) is 22.7 Å². The molecule has 0 unspecified atom stereocenters. The Morgan fingerprint density at radius 3 is 2.69 bits per heavy atom. The van der Waals surface area contributed by atoms with E-state index in [4.69, 9.17) is 13.9 Å². The van der Waals surface area contributed by atoms with Crippen molar-refractivity contribution >= 4 is 11.0 Å². The molecule has 140 valence electrons. The Bertz CT molecular complexity index is 922. The van der Waals surface area contributed by atoms with E-state index in [0.717, 1.165) is 65.7 Å². The lowest BCUT2D eigenvalue weighted by atomic mass is 9.84. The number of hydrogen-bond donors (Lipinski definition) is 0. The summed E-state index contributed by atoms with van der Waals surface area (Å²) in [5.41, 5.74) is 3.37. The summed E-state index contributed by atoms with van der Waals surface area (Å²) >= 11 is 0.